The predicted molar refractivity (Wildman–Crippen MR) is 43.1 cm³/mol. The average Bonchev–Trinajstić information content (AvgIpc) is 2.02. The van der Waals surface area contributed by atoms with Crippen LogP contribution in [0.15, 0.2) is 11.0 Å². The van der Waals surface area contributed by atoms with E-state index < -0.39 is 33.8 Å². The number of hydrogen-bond acceptors (Lipinski definition) is 4. The summed E-state index contributed by atoms with van der Waals surface area (Å²) in [7, 11) is 0. The molecule has 0 aliphatic carbocycles. The third kappa shape index (κ3) is 1.53. The van der Waals surface area contributed by atoms with Gasteiger partial charge in [-0.05, 0) is 0 Å². The van der Waals surface area contributed by atoms with Gasteiger partial charge in [0.15, 0.2) is 0 Å². The van der Waals surface area contributed by atoms with Gasteiger partial charge in [-0.1, -0.05) is 0 Å². The lowest BCUT2D eigenvalue weighted by Gasteiger charge is -2.02. The molecule has 1 heterocycles. The highest BCUT2D eigenvalue weighted by atomic mass is 19.3. The molecule has 0 amide bonds. The van der Waals surface area contributed by atoms with Gasteiger partial charge in [-0.25, -0.2) is 8.78 Å². The molecule has 14 heavy (non-hydrogen) atoms. The molecule has 0 atom stereocenters. The summed E-state index contributed by atoms with van der Waals surface area (Å²) in [5, 5.41) is 10.3. The molecule has 0 saturated carbocycles. The highest BCUT2D eigenvalue weighted by Gasteiger charge is 2.24. The lowest BCUT2D eigenvalue weighted by Crippen LogP contribution is -2.15. The van der Waals surface area contributed by atoms with E-state index in [0.29, 0.717) is 6.20 Å². The van der Waals surface area contributed by atoms with E-state index in [4.69, 9.17) is 5.73 Å². The van der Waals surface area contributed by atoms with Crippen molar-refractivity contribution >= 4 is 11.4 Å². The molecule has 1 aromatic heterocycles. The van der Waals surface area contributed by atoms with Gasteiger partial charge in [0.2, 0.25) is 0 Å². The van der Waals surface area contributed by atoms with Crippen molar-refractivity contribution in [3.63, 3.8) is 0 Å². The molecule has 0 aliphatic heterocycles. The number of nitrogen functional groups attached to an aromatic ring is 1. The number of nitrogens with zero attached hydrogens (tertiary/aromatic N) is 1. The van der Waals surface area contributed by atoms with Crippen LogP contribution in [0.3, 0.4) is 0 Å². The van der Waals surface area contributed by atoms with E-state index in [2.05, 4.69) is 0 Å². The summed E-state index contributed by atoms with van der Waals surface area (Å²) in [4.78, 5) is 21.8. The summed E-state index contributed by atoms with van der Waals surface area (Å²) in [5.41, 5.74) is 1.34. The number of rotatable bonds is 2. The molecule has 1 aromatic rings. The van der Waals surface area contributed by atoms with E-state index in [1.165, 1.54) is 0 Å². The minimum atomic E-state index is -2.97. The van der Waals surface area contributed by atoms with Crippen LogP contribution in [0, 0.1) is 10.1 Å². The van der Waals surface area contributed by atoms with Gasteiger partial charge in [0.25, 0.3) is 6.43 Å². The third-order valence-corrected chi connectivity index (χ3v) is 1.56. The number of halogens is 2. The quantitative estimate of drug-likeness (QED) is 0.550. The predicted octanol–water partition coefficient (Wildman–Crippen LogP) is 0.803. The minimum Gasteiger partial charge on any atom is -0.393 e. The smallest absolute Gasteiger partial charge is 0.356 e. The van der Waals surface area contributed by atoms with E-state index in [0.717, 1.165) is 0 Å². The second kappa shape index (κ2) is 3.40. The van der Waals surface area contributed by atoms with E-state index in [9.17, 15) is 23.7 Å². The highest BCUT2D eigenvalue weighted by Crippen LogP contribution is 2.28. The van der Waals surface area contributed by atoms with Crippen LogP contribution >= 0.6 is 0 Å². The maximum atomic E-state index is 12.2. The molecule has 1 rings (SSSR count). The Labute approximate surface area is 75.5 Å². The molecule has 0 aliphatic rings. The molecule has 0 unspecified atom stereocenters. The summed E-state index contributed by atoms with van der Waals surface area (Å²) >= 11 is 0. The average molecular weight is 205 g/mol. The number of alkyl halides is 2. The summed E-state index contributed by atoms with van der Waals surface area (Å²) in [6, 6.07) is 0. The molecular formula is C6H5F2N3O3. The van der Waals surface area contributed by atoms with Crippen LogP contribution in [-0.4, -0.2) is 9.91 Å². The zero-order chi connectivity index (χ0) is 10.9. The number of nitro groups is 1. The molecular weight excluding hydrogens is 200 g/mol. The van der Waals surface area contributed by atoms with Crippen LogP contribution < -0.4 is 11.3 Å². The second-order valence-corrected chi connectivity index (χ2v) is 2.39. The van der Waals surface area contributed by atoms with Gasteiger partial charge in [0, 0.05) is 6.20 Å². The van der Waals surface area contributed by atoms with Crippen molar-refractivity contribution < 1.29 is 13.7 Å². The Morgan fingerprint density at radius 1 is 1.57 bits per heavy atom. The zero-order valence-corrected chi connectivity index (χ0v) is 6.66. The summed E-state index contributed by atoms with van der Waals surface area (Å²) in [6.07, 6.45) is -2.31. The first-order valence-electron chi connectivity index (χ1n) is 3.38. The van der Waals surface area contributed by atoms with Gasteiger partial charge >= 0.3 is 11.2 Å². The fraction of sp³-hybridized carbons (Fsp3) is 0.167. The van der Waals surface area contributed by atoms with Crippen LogP contribution in [0.25, 0.3) is 0 Å². The van der Waals surface area contributed by atoms with Crippen molar-refractivity contribution in [1.29, 1.82) is 0 Å². The Kier molecular flexibility index (Phi) is 2.45. The first-order chi connectivity index (χ1) is 6.45. The van der Waals surface area contributed by atoms with Gasteiger partial charge < -0.3 is 10.7 Å². The monoisotopic (exact) mass is 205 g/mol. The van der Waals surface area contributed by atoms with Crippen LogP contribution in [0.1, 0.15) is 12.0 Å². The SMILES string of the molecule is Nc1c(C(F)F)c[nH]c(=O)c1[N+](=O)[O-]. The first kappa shape index (κ1) is 10.1. The van der Waals surface area contributed by atoms with Crippen molar-refractivity contribution in [3.8, 4) is 0 Å². The van der Waals surface area contributed by atoms with Gasteiger partial charge in [0.1, 0.15) is 5.69 Å². The minimum absolute atomic E-state index is 0.662. The number of aromatic nitrogens is 1. The molecule has 0 saturated heterocycles. The normalized spacial score (nSPS) is 10.5. The Bertz CT molecular complexity index is 429. The third-order valence-electron chi connectivity index (χ3n) is 1.56. The van der Waals surface area contributed by atoms with Gasteiger partial charge in [-0.15, -0.1) is 0 Å². The fourth-order valence-electron chi connectivity index (χ4n) is 0.910. The second-order valence-electron chi connectivity index (χ2n) is 2.39. The summed E-state index contributed by atoms with van der Waals surface area (Å²) in [5.74, 6) is 0. The number of anilines is 1. The summed E-state index contributed by atoms with van der Waals surface area (Å²) < 4.78 is 24.4. The Hall–Kier alpha value is -1.99. The number of nitrogens with one attached hydrogen (secondary N) is 1. The summed E-state index contributed by atoms with van der Waals surface area (Å²) in [6.45, 7) is 0. The Balaban J connectivity index is 3.49. The maximum Gasteiger partial charge on any atom is 0.356 e. The number of aromatic amines is 1. The molecule has 0 spiro atoms. The van der Waals surface area contributed by atoms with Crippen molar-refractivity contribution in [1.82, 2.24) is 4.98 Å². The number of pyridine rings is 1. The highest BCUT2D eigenvalue weighted by molar-refractivity contribution is 5.61. The topological polar surface area (TPSA) is 102 Å². The van der Waals surface area contributed by atoms with E-state index in [1.807, 2.05) is 4.98 Å². The van der Waals surface area contributed by atoms with Gasteiger partial charge in [0.05, 0.1) is 10.5 Å². The molecule has 0 fully saturated rings. The standard InChI is InChI=1S/C6H5F2N3O3/c7-5(8)2-1-10-6(12)4(3(2)9)11(13)14/h1,5H,(H3,9,10,12). The molecule has 8 heteroatoms. The van der Waals surface area contributed by atoms with Crippen LogP contribution in [0.2, 0.25) is 0 Å². The lowest BCUT2D eigenvalue weighted by molar-refractivity contribution is -0.385. The lowest BCUT2D eigenvalue weighted by atomic mass is 10.2. The van der Waals surface area contributed by atoms with Crippen molar-refractivity contribution in [2.75, 3.05) is 5.73 Å². The maximum absolute atomic E-state index is 12.2. The molecule has 76 valence electrons. The first-order valence-corrected chi connectivity index (χ1v) is 3.38. The van der Waals surface area contributed by atoms with Gasteiger partial charge in [-0.3, -0.25) is 14.9 Å². The van der Waals surface area contributed by atoms with E-state index in [1.54, 1.807) is 0 Å². The Morgan fingerprint density at radius 2 is 2.14 bits per heavy atom. The number of hydrogen-bond donors (Lipinski definition) is 2. The molecule has 0 aromatic carbocycles. The van der Waals surface area contributed by atoms with Crippen LogP contribution in [0.5, 0.6) is 0 Å². The largest absolute Gasteiger partial charge is 0.393 e. The van der Waals surface area contributed by atoms with E-state index in [-0.39, 0.29) is 0 Å². The van der Waals surface area contributed by atoms with Crippen LogP contribution in [-0.2, 0) is 0 Å². The van der Waals surface area contributed by atoms with E-state index >= 15 is 0 Å². The Morgan fingerprint density at radius 3 is 2.57 bits per heavy atom. The van der Waals surface area contributed by atoms with Gasteiger partial charge in [-0.2, -0.15) is 0 Å². The fourth-order valence-corrected chi connectivity index (χ4v) is 0.910. The number of nitrogens with two attached hydrogens (primary N) is 1. The van der Waals surface area contributed by atoms with Crippen molar-refractivity contribution in [2.24, 2.45) is 0 Å². The molecule has 3 N–H and O–H groups in total. The molecule has 0 radical (unpaired) electrons. The zero-order valence-electron chi connectivity index (χ0n) is 6.66. The van der Waals surface area contributed by atoms with Crippen molar-refractivity contribution in [3.05, 3.63) is 32.2 Å². The van der Waals surface area contributed by atoms with Crippen LogP contribution in [0.4, 0.5) is 20.2 Å². The molecule has 0 bridgehead atoms. The number of H-pyrrole nitrogens is 1. The van der Waals surface area contributed by atoms with Crippen molar-refractivity contribution in [2.45, 2.75) is 6.43 Å². The molecule has 6 nitrogen and oxygen atoms in total.